The molecule has 180 valence electrons. The summed E-state index contributed by atoms with van der Waals surface area (Å²) in [5, 5.41) is 3.51. The van der Waals surface area contributed by atoms with E-state index in [-0.39, 0.29) is 17.7 Å². The summed E-state index contributed by atoms with van der Waals surface area (Å²) in [6.07, 6.45) is 5.16. The Morgan fingerprint density at radius 1 is 1.18 bits per heavy atom. The molecule has 0 saturated carbocycles. The summed E-state index contributed by atoms with van der Waals surface area (Å²) in [5.41, 5.74) is 3.49. The smallest absolute Gasteiger partial charge is 0.410 e. The molecule has 1 aromatic carbocycles. The lowest BCUT2D eigenvalue weighted by Gasteiger charge is -2.24. The molecular weight excluding hydrogens is 428 g/mol. The standard InChI is InChI=1S/C27H34N4O3/c1-5-6-9-22-24(25(32)31-16-8-7-10-23(31)29-22)19-11-13-20(14-12-19)28-21-15-17-30(18-21)26(33)34-27(2,3)4/h7-8,10-14,16,21,28H,5-6,9,15,17-18H2,1-4H3. The highest BCUT2D eigenvalue weighted by atomic mass is 16.6. The van der Waals surface area contributed by atoms with E-state index in [0.717, 1.165) is 42.6 Å². The summed E-state index contributed by atoms with van der Waals surface area (Å²) in [6, 6.07) is 13.7. The van der Waals surface area contributed by atoms with Crippen molar-refractivity contribution >= 4 is 17.4 Å². The first-order valence-electron chi connectivity index (χ1n) is 12.1. The monoisotopic (exact) mass is 462 g/mol. The SMILES string of the molecule is CCCCc1nc2ccccn2c(=O)c1-c1ccc(NC2CCN(C(=O)OC(C)(C)C)C2)cc1. The van der Waals surface area contributed by atoms with E-state index >= 15 is 0 Å². The number of hydrogen-bond acceptors (Lipinski definition) is 5. The van der Waals surface area contributed by atoms with Crippen LogP contribution in [0.2, 0.25) is 0 Å². The highest BCUT2D eigenvalue weighted by Crippen LogP contribution is 2.25. The quantitative estimate of drug-likeness (QED) is 0.550. The van der Waals surface area contributed by atoms with E-state index in [1.54, 1.807) is 15.5 Å². The third-order valence-corrected chi connectivity index (χ3v) is 5.96. The number of carbonyl (C=O) groups is 1. The molecule has 0 radical (unpaired) electrons. The molecule has 4 rings (SSSR count). The minimum atomic E-state index is -0.495. The number of anilines is 1. The second-order valence-corrected chi connectivity index (χ2v) is 9.90. The van der Waals surface area contributed by atoms with Crippen LogP contribution in [-0.2, 0) is 11.2 Å². The maximum absolute atomic E-state index is 13.3. The van der Waals surface area contributed by atoms with E-state index in [1.807, 2.05) is 63.2 Å². The molecular formula is C27H34N4O3. The topological polar surface area (TPSA) is 75.9 Å². The molecule has 1 N–H and O–H groups in total. The fraction of sp³-hybridized carbons (Fsp3) is 0.444. The molecule has 7 nitrogen and oxygen atoms in total. The number of aromatic nitrogens is 2. The average molecular weight is 463 g/mol. The normalized spacial score (nSPS) is 16.1. The minimum absolute atomic E-state index is 0.0405. The molecule has 1 saturated heterocycles. The van der Waals surface area contributed by atoms with Gasteiger partial charge in [-0.2, -0.15) is 0 Å². The number of benzene rings is 1. The lowest BCUT2D eigenvalue weighted by Crippen LogP contribution is -2.36. The molecule has 1 aliphatic heterocycles. The van der Waals surface area contributed by atoms with Gasteiger partial charge in [-0.3, -0.25) is 9.20 Å². The number of rotatable bonds is 6. The van der Waals surface area contributed by atoms with Crippen LogP contribution in [0.25, 0.3) is 16.8 Å². The highest BCUT2D eigenvalue weighted by Gasteiger charge is 2.29. The van der Waals surface area contributed by atoms with Gasteiger partial charge in [0.05, 0.1) is 11.3 Å². The summed E-state index contributed by atoms with van der Waals surface area (Å²) in [4.78, 5) is 32.2. The molecule has 0 spiro atoms. The number of nitrogens with zero attached hydrogens (tertiary/aromatic N) is 3. The Kier molecular flexibility index (Phi) is 6.91. The minimum Gasteiger partial charge on any atom is -0.444 e. The molecule has 3 aromatic rings. The number of hydrogen-bond donors (Lipinski definition) is 1. The summed E-state index contributed by atoms with van der Waals surface area (Å²) in [7, 11) is 0. The Bertz CT molecular complexity index is 1210. The molecule has 1 atom stereocenters. The van der Waals surface area contributed by atoms with E-state index in [1.165, 1.54) is 0 Å². The van der Waals surface area contributed by atoms with Gasteiger partial charge in [0.1, 0.15) is 11.2 Å². The van der Waals surface area contributed by atoms with Crippen molar-refractivity contribution in [1.29, 1.82) is 0 Å². The van der Waals surface area contributed by atoms with Gasteiger partial charge in [-0.1, -0.05) is 31.5 Å². The number of fused-ring (bicyclic) bond motifs is 1. The average Bonchev–Trinajstić information content (AvgIpc) is 3.26. The predicted octanol–water partition coefficient (Wildman–Crippen LogP) is 5.13. The van der Waals surface area contributed by atoms with E-state index in [4.69, 9.17) is 9.72 Å². The number of amides is 1. The van der Waals surface area contributed by atoms with Gasteiger partial charge in [-0.05, 0) is 69.9 Å². The first kappa shape index (κ1) is 23.8. The van der Waals surface area contributed by atoms with Crippen molar-refractivity contribution in [2.24, 2.45) is 0 Å². The van der Waals surface area contributed by atoms with Crippen LogP contribution in [0.1, 0.15) is 52.7 Å². The van der Waals surface area contributed by atoms with Crippen LogP contribution in [0.5, 0.6) is 0 Å². The molecule has 3 heterocycles. The summed E-state index contributed by atoms with van der Waals surface area (Å²) in [6.45, 7) is 9.05. The van der Waals surface area contributed by atoms with Crippen LogP contribution in [0.4, 0.5) is 10.5 Å². The van der Waals surface area contributed by atoms with Crippen molar-refractivity contribution in [2.45, 2.75) is 65.0 Å². The summed E-state index contributed by atoms with van der Waals surface area (Å²) >= 11 is 0. The van der Waals surface area contributed by atoms with Crippen LogP contribution in [0.15, 0.2) is 53.5 Å². The number of unbranched alkanes of at least 4 members (excludes halogenated alkanes) is 1. The van der Waals surface area contributed by atoms with Crippen molar-refractivity contribution in [3.63, 3.8) is 0 Å². The second-order valence-electron chi connectivity index (χ2n) is 9.90. The molecule has 0 aliphatic carbocycles. The number of nitrogens with one attached hydrogen (secondary N) is 1. The van der Waals surface area contributed by atoms with Crippen molar-refractivity contribution in [3.05, 3.63) is 64.7 Å². The zero-order chi connectivity index (χ0) is 24.3. The van der Waals surface area contributed by atoms with Gasteiger partial charge in [-0.15, -0.1) is 0 Å². The fourth-order valence-corrected chi connectivity index (χ4v) is 4.29. The first-order chi connectivity index (χ1) is 16.2. The van der Waals surface area contributed by atoms with Gasteiger partial charge in [0, 0.05) is 31.0 Å². The van der Waals surface area contributed by atoms with Crippen LogP contribution in [0, 0.1) is 0 Å². The van der Waals surface area contributed by atoms with Crippen molar-refractivity contribution in [3.8, 4) is 11.1 Å². The van der Waals surface area contributed by atoms with Crippen molar-refractivity contribution in [2.75, 3.05) is 18.4 Å². The Balaban J connectivity index is 1.51. The number of ether oxygens (including phenoxy) is 1. The molecule has 1 fully saturated rings. The van der Waals surface area contributed by atoms with E-state index in [9.17, 15) is 9.59 Å². The molecule has 2 aromatic heterocycles. The van der Waals surface area contributed by atoms with Gasteiger partial charge >= 0.3 is 6.09 Å². The molecule has 0 bridgehead atoms. The molecule has 1 amide bonds. The van der Waals surface area contributed by atoms with Crippen LogP contribution >= 0.6 is 0 Å². The van der Waals surface area contributed by atoms with E-state index in [2.05, 4.69) is 12.2 Å². The van der Waals surface area contributed by atoms with Crippen LogP contribution in [0.3, 0.4) is 0 Å². The third kappa shape index (κ3) is 5.41. The molecule has 34 heavy (non-hydrogen) atoms. The zero-order valence-corrected chi connectivity index (χ0v) is 20.5. The molecule has 7 heteroatoms. The Morgan fingerprint density at radius 3 is 2.65 bits per heavy atom. The lowest BCUT2D eigenvalue weighted by atomic mass is 10.0. The van der Waals surface area contributed by atoms with Gasteiger partial charge in [0.25, 0.3) is 5.56 Å². The lowest BCUT2D eigenvalue weighted by molar-refractivity contribution is 0.0293. The summed E-state index contributed by atoms with van der Waals surface area (Å²) in [5.74, 6) is 0. The Hall–Kier alpha value is -3.35. The molecule has 1 aliphatic rings. The molecule has 1 unspecified atom stereocenters. The van der Waals surface area contributed by atoms with E-state index < -0.39 is 5.60 Å². The Morgan fingerprint density at radius 2 is 1.94 bits per heavy atom. The van der Waals surface area contributed by atoms with Gasteiger partial charge in [0.2, 0.25) is 0 Å². The number of carbonyl (C=O) groups excluding carboxylic acids is 1. The maximum atomic E-state index is 13.3. The largest absolute Gasteiger partial charge is 0.444 e. The van der Waals surface area contributed by atoms with Gasteiger partial charge < -0.3 is 15.0 Å². The van der Waals surface area contributed by atoms with Gasteiger partial charge in [-0.25, -0.2) is 9.78 Å². The zero-order valence-electron chi connectivity index (χ0n) is 20.5. The van der Waals surface area contributed by atoms with E-state index in [0.29, 0.717) is 24.3 Å². The third-order valence-electron chi connectivity index (χ3n) is 5.96. The number of pyridine rings is 1. The second kappa shape index (κ2) is 9.87. The number of aryl methyl sites for hydroxylation is 1. The fourth-order valence-electron chi connectivity index (χ4n) is 4.29. The summed E-state index contributed by atoms with van der Waals surface area (Å²) < 4.78 is 7.10. The highest BCUT2D eigenvalue weighted by molar-refractivity contribution is 5.70. The van der Waals surface area contributed by atoms with Crippen molar-refractivity contribution < 1.29 is 9.53 Å². The predicted molar refractivity (Wildman–Crippen MR) is 135 cm³/mol. The van der Waals surface area contributed by atoms with Crippen molar-refractivity contribution in [1.82, 2.24) is 14.3 Å². The number of likely N-dealkylation sites (tertiary alicyclic amines) is 1. The van der Waals surface area contributed by atoms with Crippen LogP contribution < -0.4 is 10.9 Å². The first-order valence-corrected chi connectivity index (χ1v) is 12.1. The maximum Gasteiger partial charge on any atom is 0.410 e. The van der Waals surface area contributed by atoms with Gasteiger partial charge in [0.15, 0.2) is 0 Å². The Labute approximate surface area is 200 Å². The van der Waals surface area contributed by atoms with Crippen LogP contribution in [-0.4, -0.2) is 45.1 Å².